The van der Waals surface area contributed by atoms with E-state index >= 15 is 0 Å². The molecule has 0 saturated carbocycles. The van der Waals surface area contributed by atoms with Gasteiger partial charge in [-0.05, 0) is 19.1 Å². The fourth-order valence-electron chi connectivity index (χ4n) is 1.11. The van der Waals surface area contributed by atoms with Crippen LogP contribution >= 0.6 is 0 Å². The number of hydrogen-bond donors (Lipinski definition) is 1. The van der Waals surface area contributed by atoms with Gasteiger partial charge >= 0.3 is 0 Å². The maximum Gasteiger partial charge on any atom is 0.255 e. The van der Waals surface area contributed by atoms with Gasteiger partial charge in [-0.3, -0.25) is 4.79 Å². The summed E-state index contributed by atoms with van der Waals surface area (Å²) in [6, 6.07) is 5.08. The van der Waals surface area contributed by atoms with Crippen LogP contribution in [0.1, 0.15) is 17.3 Å². The van der Waals surface area contributed by atoms with Gasteiger partial charge in [0.1, 0.15) is 17.6 Å². The molecule has 0 fully saturated rings. The number of carbonyl (C=O) groups excluding carboxylic acids is 1. The first-order valence-electron chi connectivity index (χ1n) is 4.62. The predicted molar refractivity (Wildman–Crippen MR) is 55.5 cm³/mol. The normalized spacial score (nSPS) is 11.4. The zero-order valence-electron chi connectivity index (χ0n) is 8.95. The molecule has 84 valence electrons. The minimum absolute atomic E-state index is 0.108. The van der Waals surface area contributed by atoms with Crippen molar-refractivity contribution in [2.75, 3.05) is 7.11 Å². The van der Waals surface area contributed by atoms with Crippen LogP contribution in [0.15, 0.2) is 18.2 Å². The van der Waals surface area contributed by atoms with Crippen LogP contribution in [-0.2, 0) is 0 Å². The van der Waals surface area contributed by atoms with Gasteiger partial charge in [-0.2, -0.15) is 5.26 Å². The van der Waals surface area contributed by atoms with Gasteiger partial charge in [-0.15, -0.1) is 0 Å². The Morgan fingerprint density at radius 1 is 1.62 bits per heavy atom. The molecule has 0 saturated heterocycles. The van der Waals surface area contributed by atoms with Crippen LogP contribution in [0.4, 0.5) is 4.39 Å². The molecule has 0 aliphatic carbocycles. The molecule has 0 aromatic heterocycles. The summed E-state index contributed by atoms with van der Waals surface area (Å²) >= 11 is 0. The van der Waals surface area contributed by atoms with E-state index in [2.05, 4.69) is 5.32 Å². The van der Waals surface area contributed by atoms with Crippen molar-refractivity contribution in [3.8, 4) is 11.8 Å². The van der Waals surface area contributed by atoms with Gasteiger partial charge in [0.05, 0.1) is 18.7 Å². The molecule has 0 unspecified atom stereocenters. The predicted octanol–water partition coefficient (Wildman–Crippen LogP) is 1.48. The van der Waals surface area contributed by atoms with E-state index in [-0.39, 0.29) is 5.56 Å². The maximum absolute atomic E-state index is 13.4. The molecule has 1 atom stereocenters. The number of nitriles is 1. The van der Waals surface area contributed by atoms with Crippen molar-refractivity contribution in [2.45, 2.75) is 13.0 Å². The average Bonchev–Trinajstić information content (AvgIpc) is 2.28. The number of amides is 1. The van der Waals surface area contributed by atoms with E-state index < -0.39 is 17.8 Å². The van der Waals surface area contributed by atoms with Crippen molar-refractivity contribution in [3.63, 3.8) is 0 Å². The Balaban J connectivity index is 2.89. The topological polar surface area (TPSA) is 62.1 Å². The molecule has 0 aliphatic rings. The standard InChI is InChI=1S/C11H11FN2O2/c1-7(6-13)14-11(15)9-4-3-8(16-2)5-10(9)12/h3-5,7H,1-2H3,(H,14,15)/t7-/m0/s1. The zero-order valence-corrected chi connectivity index (χ0v) is 8.95. The fraction of sp³-hybridized carbons (Fsp3) is 0.273. The van der Waals surface area contributed by atoms with E-state index in [0.717, 1.165) is 6.07 Å². The minimum Gasteiger partial charge on any atom is -0.497 e. The lowest BCUT2D eigenvalue weighted by Gasteiger charge is -2.08. The molecule has 1 aromatic rings. The lowest BCUT2D eigenvalue weighted by atomic mass is 10.2. The Hall–Kier alpha value is -2.09. The minimum atomic E-state index is -0.679. The summed E-state index contributed by atoms with van der Waals surface area (Å²) in [4.78, 5) is 11.5. The number of halogens is 1. The van der Waals surface area contributed by atoms with E-state index in [1.165, 1.54) is 26.2 Å². The molecule has 0 heterocycles. The molecule has 1 N–H and O–H groups in total. The summed E-state index contributed by atoms with van der Waals surface area (Å²) < 4.78 is 18.2. The van der Waals surface area contributed by atoms with Gasteiger partial charge in [0, 0.05) is 6.07 Å². The van der Waals surface area contributed by atoms with Crippen molar-refractivity contribution in [2.24, 2.45) is 0 Å². The van der Waals surface area contributed by atoms with Crippen molar-refractivity contribution in [1.29, 1.82) is 5.26 Å². The van der Waals surface area contributed by atoms with Crippen LogP contribution < -0.4 is 10.1 Å². The summed E-state index contributed by atoms with van der Waals surface area (Å²) in [6.45, 7) is 1.51. The maximum atomic E-state index is 13.4. The van der Waals surface area contributed by atoms with Crippen molar-refractivity contribution in [1.82, 2.24) is 5.32 Å². The van der Waals surface area contributed by atoms with Crippen molar-refractivity contribution < 1.29 is 13.9 Å². The van der Waals surface area contributed by atoms with E-state index in [1.54, 1.807) is 0 Å². The Kier molecular flexibility index (Phi) is 3.84. The van der Waals surface area contributed by atoms with Gasteiger partial charge in [0.2, 0.25) is 0 Å². The third kappa shape index (κ3) is 2.70. The third-order valence-electron chi connectivity index (χ3n) is 1.96. The van der Waals surface area contributed by atoms with Crippen molar-refractivity contribution >= 4 is 5.91 Å². The summed E-state index contributed by atoms with van der Waals surface area (Å²) in [5.41, 5.74) is -0.108. The molecule has 16 heavy (non-hydrogen) atoms. The molecular formula is C11H11FN2O2. The highest BCUT2D eigenvalue weighted by molar-refractivity contribution is 5.94. The smallest absolute Gasteiger partial charge is 0.255 e. The second kappa shape index (κ2) is 5.12. The van der Waals surface area contributed by atoms with Gasteiger partial charge in [0.15, 0.2) is 0 Å². The fourth-order valence-corrected chi connectivity index (χ4v) is 1.11. The first-order valence-corrected chi connectivity index (χ1v) is 4.62. The Labute approximate surface area is 92.6 Å². The lowest BCUT2D eigenvalue weighted by molar-refractivity contribution is 0.0943. The van der Waals surface area contributed by atoms with Crippen LogP contribution in [-0.4, -0.2) is 19.1 Å². The van der Waals surface area contributed by atoms with Crippen LogP contribution in [0.3, 0.4) is 0 Å². The summed E-state index contributed by atoms with van der Waals surface area (Å²) in [5.74, 6) is -0.960. The summed E-state index contributed by atoms with van der Waals surface area (Å²) in [6.07, 6.45) is 0. The van der Waals surface area contributed by atoms with Gasteiger partial charge in [0.25, 0.3) is 5.91 Å². The van der Waals surface area contributed by atoms with Gasteiger partial charge in [-0.1, -0.05) is 0 Å². The average molecular weight is 222 g/mol. The van der Waals surface area contributed by atoms with Crippen LogP contribution in [0.2, 0.25) is 0 Å². The van der Waals surface area contributed by atoms with Crippen LogP contribution in [0.5, 0.6) is 5.75 Å². The first-order chi connectivity index (χ1) is 7.58. The SMILES string of the molecule is COc1ccc(C(=O)N[C@@H](C)C#N)c(F)c1. The van der Waals surface area contributed by atoms with E-state index in [9.17, 15) is 9.18 Å². The number of rotatable bonds is 3. The molecule has 0 aliphatic heterocycles. The van der Waals surface area contributed by atoms with E-state index in [1.807, 2.05) is 6.07 Å². The Morgan fingerprint density at radius 2 is 2.31 bits per heavy atom. The lowest BCUT2D eigenvalue weighted by Crippen LogP contribution is -2.31. The highest BCUT2D eigenvalue weighted by Crippen LogP contribution is 2.16. The molecule has 1 aromatic carbocycles. The third-order valence-corrected chi connectivity index (χ3v) is 1.96. The number of nitrogens with one attached hydrogen (secondary N) is 1. The number of nitrogens with zero attached hydrogens (tertiary/aromatic N) is 1. The molecule has 0 spiro atoms. The van der Waals surface area contributed by atoms with E-state index in [0.29, 0.717) is 5.75 Å². The Bertz CT molecular complexity index is 440. The van der Waals surface area contributed by atoms with Crippen molar-refractivity contribution in [3.05, 3.63) is 29.6 Å². The second-order valence-electron chi connectivity index (χ2n) is 3.17. The molecule has 0 bridgehead atoms. The van der Waals surface area contributed by atoms with Gasteiger partial charge < -0.3 is 10.1 Å². The largest absolute Gasteiger partial charge is 0.497 e. The zero-order chi connectivity index (χ0) is 12.1. The molecule has 1 rings (SSSR count). The number of methoxy groups -OCH3 is 1. The first kappa shape index (κ1) is 12.0. The van der Waals surface area contributed by atoms with Crippen LogP contribution in [0.25, 0.3) is 0 Å². The van der Waals surface area contributed by atoms with Crippen LogP contribution in [0, 0.1) is 17.1 Å². The number of hydrogen-bond acceptors (Lipinski definition) is 3. The second-order valence-corrected chi connectivity index (χ2v) is 3.17. The molecule has 0 radical (unpaired) electrons. The highest BCUT2D eigenvalue weighted by Gasteiger charge is 2.14. The molecule has 5 heteroatoms. The summed E-state index contributed by atoms with van der Waals surface area (Å²) in [5, 5.41) is 10.8. The number of ether oxygens (including phenoxy) is 1. The van der Waals surface area contributed by atoms with E-state index in [4.69, 9.17) is 10.00 Å². The quantitative estimate of drug-likeness (QED) is 0.842. The monoisotopic (exact) mass is 222 g/mol. The number of benzene rings is 1. The Morgan fingerprint density at radius 3 is 2.81 bits per heavy atom. The number of carbonyl (C=O) groups is 1. The van der Waals surface area contributed by atoms with Gasteiger partial charge in [-0.25, -0.2) is 4.39 Å². The molecule has 1 amide bonds. The molecule has 4 nitrogen and oxygen atoms in total. The summed E-state index contributed by atoms with van der Waals surface area (Å²) in [7, 11) is 1.41. The highest BCUT2D eigenvalue weighted by atomic mass is 19.1. The molecular weight excluding hydrogens is 211 g/mol.